The van der Waals surface area contributed by atoms with Crippen LogP contribution in [-0.4, -0.2) is 34.3 Å². The van der Waals surface area contributed by atoms with Crippen molar-refractivity contribution in [1.82, 2.24) is 10.1 Å². The van der Waals surface area contributed by atoms with Crippen molar-refractivity contribution in [1.29, 1.82) is 0 Å². The number of fused-ring (bicyclic) bond motifs is 1. The van der Waals surface area contributed by atoms with Gasteiger partial charge in [-0.3, -0.25) is 0 Å². The molecule has 1 saturated carbocycles. The minimum absolute atomic E-state index is 0.290. The van der Waals surface area contributed by atoms with E-state index in [0.29, 0.717) is 38.7 Å². The molecule has 0 bridgehead atoms. The average molecular weight is 540 g/mol. The summed E-state index contributed by atoms with van der Waals surface area (Å²) in [6.07, 6.45) is 8.63. The van der Waals surface area contributed by atoms with Crippen LogP contribution in [-0.2, 0) is 0 Å². The average Bonchev–Trinajstić information content (AvgIpc) is 3.49. The maximum absolute atomic E-state index is 11.3. The quantitative estimate of drug-likeness (QED) is 0.269. The fourth-order valence-electron chi connectivity index (χ4n) is 4.71. The molecule has 2 aliphatic rings. The molecule has 3 heterocycles. The van der Waals surface area contributed by atoms with Crippen LogP contribution in [0.2, 0.25) is 10.0 Å². The van der Waals surface area contributed by atoms with E-state index >= 15 is 0 Å². The summed E-state index contributed by atoms with van der Waals surface area (Å²) in [6, 6.07) is 10.6. The number of nitrogens with zero attached hydrogens (tertiary/aromatic N) is 3. The lowest BCUT2D eigenvalue weighted by Gasteiger charge is -2.30. The molecule has 6 rings (SSSR count). The number of allylic oxidation sites excluding steroid dienone is 1. The maximum Gasteiger partial charge on any atom is 0.335 e. The van der Waals surface area contributed by atoms with Crippen LogP contribution in [0.4, 0.5) is 5.13 Å². The van der Waals surface area contributed by atoms with Crippen molar-refractivity contribution in [2.45, 2.75) is 31.6 Å². The summed E-state index contributed by atoms with van der Waals surface area (Å²) in [5, 5.41) is 15.7. The number of rotatable bonds is 6. The van der Waals surface area contributed by atoms with Gasteiger partial charge in [0.2, 0.25) is 0 Å². The Hall–Kier alpha value is -2.87. The largest absolute Gasteiger partial charge is 0.478 e. The second kappa shape index (κ2) is 9.54. The van der Waals surface area contributed by atoms with Gasteiger partial charge in [-0.2, -0.15) is 0 Å². The Balaban J connectivity index is 1.19. The highest BCUT2D eigenvalue weighted by molar-refractivity contribution is 7.22. The number of benzene rings is 2. The Labute approximate surface area is 222 Å². The van der Waals surface area contributed by atoms with E-state index in [1.807, 2.05) is 18.2 Å². The van der Waals surface area contributed by atoms with Crippen molar-refractivity contribution >= 4 is 61.9 Å². The Morgan fingerprint density at radius 3 is 2.56 bits per heavy atom. The summed E-state index contributed by atoms with van der Waals surface area (Å²) < 4.78 is 6.68. The van der Waals surface area contributed by atoms with E-state index in [-0.39, 0.29) is 0 Å². The first-order chi connectivity index (χ1) is 17.5. The van der Waals surface area contributed by atoms with E-state index in [9.17, 15) is 9.90 Å². The molecule has 2 fully saturated rings. The standard InChI is InChI=1S/C27H23Cl2N3O3S/c28-19-2-1-3-20(29)23(19)24-18(25(35-31-24)16-5-6-16)8-4-15-10-12-32(13-11-15)27-30-21-9-7-17(26(33)34)14-22(21)36-27/h1-4,7-9,14-16H,5-6,10-13H2,(H,33,34). The third-order valence-corrected chi connectivity index (χ3v) is 8.58. The number of aromatic carboxylic acids is 1. The van der Waals surface area contributed by atoms with Gasteiger partial charge in [0.1, 0.15) is 11.5 Å². The number of halogens is 2. The van der Waals surface area contributed by atoms with Crippen LogP contribution in [0.15, 0.2) is 47.0 Å². The van der Waals surface area contributed by atoms with Crippen molar-refractivity contribution in [3.05, 3.63) is 69.4 Å². The molecular formula is C27H23Cl2N3O3S. The summed E-state index contributed by atoms with van der Waals surface area (Å²) in [7, 11) is 0. The number of carboxylic acid groups (broad SMARTS) is 1. The summed E-state index contributed by atoms with van der Waals surface area (Å²) in [4.78, 5) is 18.3. The van der Waals surface area contributed by atoms with E-state index in [0.717, 1.165) is 65.4 Å². The van der Waals surface area contributed by atoms with Crippen LogP contribution in [0, 0.1) is 5.92 Å². The summed E-state index contributed by atoms with van der Waals surface area (Å²) in [5.74, 6) is 0.836. The first-order valence-electron chi connectivity index (χ1n) is 12.0. The van der Waals surface area contributed by atoms with Gasteiger partial charge in [0.15, 0.2) is 5.13 Å². The Kier molecular flexibility index (Phi) is 6.23. The molecule has 0 radical (unpaired) electrons. The van der Waals surface area contributed by atoms with E-state index in [1.54, 1.807) is 29.5 Å². The number of hydrogen-bond donors (Lipinski definition) is 1. The van der Waals surface area contributed by atoms with Crippen molar-refractivity contribution in [3.8, 4) is 11.3 Å². The van der Waals surface area contributed by atoms with Gasteiger partial charge in [0.05, 0.1) is 25.8 Å². The van der Waals surface area contributed by atoms with Gasteiger partial charge < -0.3 is 14.5 Å². The monoisotopic (exact) mass is 539 g/mol. The highest BCUT2D eigenvalue weighted by Crippen LogP contribution is 2.46. The molecular weight excluding hydrogens is 517 g/mol. The highest BCUT2D eigenvalue weighted by atomic mass is 35.5. The molecule has 0 spiro atoms. The summed E-state index contributed by atoms with van der Waals surface area (Å²) in [6.45, 7) is 1.78. The van der Waals surface area contributed by atoms with Crippen LogP contribution < -0.4 is 4.90 Å². The number of carboxylic acids is 1. The molecule has 0 amide bonds. The third kappa shape index (κ3) is 4.51. The zero-order valence-electron chi connectivity index (χ0n) is 19.3. The van der Waals surface area contributed by atoms with Gasteiger partial charge in [-0.15, -0.1) is 0 Å². The van der Waals surface area contributed by atoms with Crippen LogP contribution in [0.1, 0.15) is 53.3 Å². The van der Waals surface area contributed by atoms with Crippen molar-refractivity contribution < 1.29 is 14.4 Å². The summed E-state index contributed by atoms with van der Waals surface area (Å²) >= 11 is 14.5. The zero-order valence-corrected chi connectivity index (χ0v) is 21.6. The van der Waals surface area contributed by atoms with Crippen LogP contribution in [0.5, 0.6) is 0 Å². The predicted molar refractivity (Wildman–Crippen MR) is 144 cm³/mol. The molecule has 1 N–H and O–H groups in total. The number of carbonyl (C=O) groups is 1. The number of piperidine rings is 1. The minimum atomic E-state index is -0.919. The van der Waals surface area contributed by atoms with Gasteiger partial charge in [-0.05, 0) is 61.9 Å². The Morgan fingerprint density at radius 1 is 1.11 bits per heavy atom. The summed E-state index contributed by atoms with van der Waals surface area (Å²) in [5.41, 5.74) is 3.53. The fourth-order valence-corrected chi connectivity index (χ4v) is 6.34. The molecule has 184 valence electrons. The molecule has 1 aliphatic carbocycles. The van der Waals surface area contributed by atoms with Crippen LogP contribution >= 0.6 is 34.5 Å². The number of aromatic nitrogens is 2. The predicted octanol–water partition coefficient (Wildman–Crippen LogP) is 7.76. The molecule has 9 heteroatoms. The normalized spacial score (nSPS) is 16.9. The second-order valence-corrected chi connectivity index (χ2v) is 11.2. The molecule has 6 nitrogen and oxygen atoms in total. The van der Waals surface area contributed by atoms with Crippen molar-refractivity contribution in [2.75, 3.05) is 18.0 Å². The lowest BCUT2D eigenvalue weighted by Crippen LogP contribution is -2.32. The molecule has 1 aliphatic heterocycles. The van der Waals surface area contributed by atoms with Crippen molar-refractivity contribution in [2.24, 2.45) is 5.92 Å². The molecule has 0 unspecified atom stereocenters. The topological polar surface area (TPSA) is 79.5 Å². The molecule has 36 heavy (non-hydrogen) atoms. The zero-order chi connectivity index (χ0) is 24.8. The van der Waals surface area contributed by atoms with Gasteiger partial charge in [0.25, 0.3) is 0 Å². The number of hydrogen-bond acceptors (Lipinski definition) is 6. The first-order valence-corrected chi connectivity index (χ1v) is 13.6. The Bertz CT molecular complexity index is 1460. The molecule has 4 aromatic rings. The smallest absolute Gasteiger partial charge is 0.335 e. The van der Waals surface area contributed by atoms with Crippen LogP contribution in [0.25, 0.3) is 27.6 Å². The minimum Gasteiger partial charge on any atom is -0.478 e. The number of anilines is 1. The van der Waals surface area contributed by atoms with Crippen LogP contribution in [0.3, 0.4) is 0 Å². The SMILES string of the molecule is O=C(O)c1ccc2nc(N3CCC(C=Cc4c(-c5c(Cl)cccc5Cl)noc4C4CC4)CC3)sc2c1. The highest BCUT2D eigenvalue weighted by Gasteiger charge is 2.33. The van der Waals surface area contributed by atoms with Gasteiger partial charge in [-0.25, -0.2) is 9.78 Å². The molecule has 2 aromatic carbocycles. The maximum atomic E-state index is 11.3. The lowest BCUT2D eigenvalue weighted by molar-refractivity contribution is 0.0697. The Morgan fingerprint density at radius 2 is 1.86 bits per heavy atom. The van der Waals surface area contributed by atoms with E-state index in [2.05, 4.69) is 22.2 Å². The molecule has 2 aromatic heterocycles. The van der Waals surface area contributed by atoms with E-state index in [4.69, 9.17) is 32.7 Å². The molecule has 1 saturated heterocycles. The third-order valence-electron chi connectivity index (χ3n) is 6.87. The first kappa shape index (κ1) is 23.5. The van der Waals surface area contributed by atoms with E-state index < -0.39 is 5.97 Å². The second-order valence-electron chi connectivity index (χ2n) is 9.35. The van der Waals surface area contributed by atoms with E-state index in [1.165, 1.54) is 0 Å². The number of thiazole rings is 1. The van der Waals surface area contributed by atoms with Gasteiger partial charge in [0, 0.05) is 30.1 Å². The fraction of sp³-hybridized carbons (Fsp3) is 0.296. The molecule has 0 atom stereocenters. The van der Waals surface area contributed by atoms with Gasteiger partial charge >= 0.3 is 5.97 Å². The lowest BCUT2D eigenvalue weighted by atomic mass is 9.95. The van der Waals surface area contributed by atoms with Gasteiger partial charge in [-0.1, -0.05) is 57.9 Å². The van der Waals surface area contributed by atoms with Crippen molar-refractivity contribution in [3.63, 3.8) is 0 Å².